The van der Waals surface area contributed by atoms with Gasteiger partial charge in [-0.15, -0.1) is 11.3 Å². The van der Waals surface area contributed by atoms with Crippen LogP contribution in [-0.4, -0.2) is 49.2 Å². The van der Waals surface area contributed by atoms with Crippen LogP contribution in [-0.2, 0) is 0 Å². The van der Waals surface area contributed by atoms with Gasteiger partial charge < -0.3 is 9.88 Å². The molecule has 0 saturated heterocycles. The Bertz CT molecular complexity index is 1560. The summed E-state index contributed by atoms with van der Waals surface area (Å²) in [5.74, 6) is 0.689. The van der Waals surface area contributed by atoms with E-state index < -0.39 is 0 Å². The van der Waals surface area contributed by atoms with Crippen molar-refractivity contribution in [2.45, 2.75) is 0 Å². The topological polar surface area (TPSA) is 99.3 Å². The number of fused-ring (bicyclic) bond motifs is 2. The summed E-state index contributed by atoms with van der Waals surface area (Å²) >= 11 is 1.67. The van der Waals surface area contributed by atoms with Crippen molar-refractivity contribution in [1.82, 2.24) is 35.1 Å². The highest BCUT2D eigenvalue weighted by Crippen LogP contribution is 2.33. The Hall–Kier alpha value is -4.11. The Morgan fingerprint density at radius 2 is 1.88 bits per heavy atom. The number of aromatic nitrogens is 7. The quantitative estimate of drug-likeness (QED) is 0.412. The van der Waals surface area contributed by atoms with Crippen LogP contribution in [0, 0.1) is 0 Å². The molecule has 0 aromatic carbocycles. The molecule has 6 aromatic rings. The second-order valence-corrected chi connectivity index (χ2v) is 8.61. The smallest absolute Gasteiger partial charge is 0.159 e. The van der Waals surface area contributed by atoms with Gasteiger partial charge in [0.05, 0.1) is 41.0 Å². The van der Waals surface area contributed by atoms with E-state index in [0.717, 1.165) is 55.0 Å². The van der Waals surface area contributed by atoms with Crippen LogP contribution < -0.4 is 4.90 Å². The molecule has 0 aliphatic carbocycles. The van der Waals surface area contributed by atoms with Gasteiger partial charge in [-0.2, -0.15) is 5.10 Å². The van der Waals surface area contributed by atoms with E-state index in [1.807, 2.05) is 49.7 Å². The van der Waals surface area contributed by atoms with Crippen molar-refractivity contribution in [2.75, 3.05) is 19.0 Å². The van der Waals surface area contributed by atoms with Gasteiger partial charge in [-0.3, -0.25) is 20.1 Å². The summed E-state index contributed by atoms with van der Waals surface area (Å²) < 4.78 is 0. The molecule has 0 bridgehead atoms. The average Bonchev–Trinajstić information content (AvgIpc) is 3.57. The van der Waals surface area contributed by atoms with Crippen LogP contribution in [0.2, 0.25) is 0 Å². The summed E-state index contributed by atoms with van der Waals surface area (Å²) in [4.78, 5) is 24.8. The highest BCUT2D eigenvalue weighted by atomic mass is 32.1. The first-order valence-electron chi connectivity index (χ1n) is 10.0. The number of anilines is 1. The van der Waals surface area contributed by atoms with E-state index in [9.17, 15) is 0 Å². The van der Waals surface area contributed by atoms with Crippen molar-refractivity contribution < 1.29 is 0 Å². The third-order valence-corrected chi connectivity index (χ3v) is 6.29. The Morgan fingerprint density at radius 1 is 0.969 bits per heavy atom. The van der Waals surface area contributed by atoms with E-state index in [-0.39, 0.29) is 0 Å². The monoisotopic (exact) mass is 438 g/mol. The van der Waals surface area contributed by atoms with Crippen LogP contribution in [0.3, 0.4) is 0 Å². The number of nitrogens with zero attached hydrogens (tertiary/aromatic N) is 6. The number of thiophene rings is 1. The van der Waals surface area contributed by atoms with Gasteiger partial charge in [0.25, 0.3) is 0 Å². The zero-order chi connectivity index (χ0) is 21.7. The fourth-order valence-corrected chi connectivity index (χ4v) is 4.46. The van der Waals surface area contributed by atoms with Gasteiger partial charge in [-0.05, 0) is 23.6 Å². The lowest BCUT2D eigenvalue weighted by molar-refractivity contribution is 1.10. The largest absolute Gasteiger partial charge is 0.376 e. The minimum atomic E-state index is 0.689. The molecule has 0 aliphatic heterocycles. The van der Waals surface area contributed by atoms with Crippen molar-refractivity contribution in [1.29, 1.82) is 0 Å². The predicted molar refractivity (Wildman–Crippen MR) is 128 cm³/mol. The van der Waals surface area contributed by atoms with Crippen molar-refractivity contribution >= 4 is 39.0 Å². The van der Waals surface area contributed by atoms with Gasteiger partial charge in [-0.25, -0.2) is 4.98 Å². The molecule has 0 amide bonds. The third-order valence-electron chi connectivity index (χ3n) is 5.39. The van der Waals surface area contributed by atoms with E-state index in [4.69, 9.17) is 4.98 Å². The fourth-order valence-electron chi connectivity index (χ4n) is 3.72. The molecule has 0 unspecified atom stereocenters. The van der Waals surface area contributed by atoms with Gasteiger partial charge in [0.1, 0.15) is 11.2 Å². The van der Waals surface area contributed by atoms with E-state index in [0.29, 0.717) is 5.82 Å². The Morgan fingerprint density at radius 3 is 2.72 bits per heavy atom. The van der Waals surface area contributed by atoms with Crippen LogP contribution in [0.4, 0.5) is 5.69 Å². The number of nitrogens with one attached hydrogen (secondary N) is 2. The molecular formula is C23H18N8S. The number of H-pyrrole nitrogens is 2. The second kappa shape index (κ2) is 7.24. The van der Waals surface area contributed by atoms with E-state index in [2.05, 4.69) is 47.6 Å². The molecule has 0 aliphatic rings. The number of hydrogen-bond donors (Lipinski definition) is 2. The molecule has 0 spiro atoms. The van der Waals surface area contributed by atoms with Crippen LogP contribution in [0.1, 0.15) is 0 Å². The summed E-state index contributed by atoms with van der Waals surface area (Å²) in [6, 6.07) is 8.20. The SMILES string of the molecule is CN(C)c1cncc(-c2cc3c(-c4nc5c(-c6cccs6)cncc5[nH]4)n[nH]c3cn2)c1. The third kappa shape index (κ3) is 3.02. The summed E-state index contributed by atoms with van der Waals surface area (Å²) in [6.07, 6.45) is 9.10. The van der Waals surface area contributed by atoms with Gasteiger partial charge in [0.2, 0.25) is 0 Å². The van der Waals surface area contributed by atoms with Crippen LogP contribution in [0.5, 0.6) is 0 Å². The van der Waals surface area contributed by atoms with Gasteiger partial charge in [0.15, 0.2) is 5.82 Å². The maximum Gasteiger partial charge on any atom is 0.159 e. The molecule has 0 fully saturated rings. The molecule has 0 atom stereocenters. The van der Waals surface area contributed by atoms with E-state index >= 15 is 0 Å². The molecule has 8 nitrogen and oxygen atoms in total. The molecule has 32 heavy (non-hydrogen) atoms. The van der Waals surface area contributed by atoms with Gasteiger partial charge in [0, 0.05) is 47.9 Å². The molecule has 6 rings (SSSR count). The Labute approximate surface area is 187 Å². The number of rotatable bonds is 4. The minimum absolute atomic E-state index is 0.689. The molecule has 6 heterocycles. The van der Waals surface area contributed by atoms with Gasteiger partial charge in [-0.1, -0.05) is 6.07 Å². The maximum atomic E-state index is 4.89. The summed E-state index contributed by atoms with van der Waals surface area (Å²) in [5.41, 5.74) is 7.14. The van der Waals surface area contributed by atoms with Crippen molar-refractivity contribution in [3.63, 3.8) is 0 Å². The first kappa shape index (κ1) is 18.6. The average molecular weight is 439 g/mol. The first-order chi connectivity index (χ1) is 15.7. The molecule has 2 N–H and O–H groups in total. The van der Waals surface area contributed by atoms with E-state index in [1.54, 1.807) is 23.7 Å². The van der Waals surface area contributed by atoms with Crippen LogP contribution in [0.15, 0.2) is 60.6 Å². The molecule has 9 heteroatoms. The molecule has 0 radical (unpaired) electrons. The number of pyridine rings is 3. The Kier molecular flexibility index (Phi) is 4.22. The minimum Gasteiger partial charge on any atom is -0.376 e. The highest BCUT2D eigenvalue weighted by Gasteiger charge is 2.17. The summed E-state index contributed by atoms with van der Waals surface area (Å²) in [6.45, 7) is 0. The molecular weight excluding hydrogens is 420 g/mol. The van der Waals surface area contributed by atoms with Crippen LogP contribution >= 0.6 is 11.3 Å². The van der Waals surface area contributed by atoms with Crippen molar-refractivity contribution in [3.05, 3.63) is 60.6 Å². The maximum absolute atomic E-state index is 4.89. The van der Waals surface area contributed by atoms with Crippen molar-refractivity contribution in [2.24, 2.45) is 0 Å². The van der Waals surface area contributed by atoms with Crippen LogP contribution in [0.25, 0.3) is 55.2 Å². The second-order valence-electron chi connectivity index (χ2n) is 7.66. The van der Waals surface area contributed by atoms with Crippen molar-refractivity contribution in [3.8, 4) is 33.2 Å². The lowest BCUT2D eigenvalue weighted by atomic mass is 10.1. The lowest BCUT2D eigenvalue weighted by Crippen LogP contribution is -2.08. The molecule has 156 valence electrons. The fraction of sp³-hybridized carbons (Fsp3) is 0.0870. The lowest BCUT2D eigenvalue weighted by Gasteiger charge is -2.12. The number of imidazole rings is 1. The normalized spacial score (nSPS) is 11.4. The molecule has 6 aromatic heterocycles. The standard InChI is InChI=1S/C23H18N8S/c1-31(2)14-6-13(8-24-9-14)17-7-15-18(12-26-17)29-30-22(15)23-27-19-11-25-10-16(21(19)28-23)20-4-3-5-32-20/h3-12H,1-2H3,(H,27,28)(H,29,30). The zero-order valence-electron chi connectivity index (χ0n) is 17.4. The molecule has 0 saturated carbocycles. The summed E-state index contributed by atoms with van der Waals surface area (Å²) in [7, 11) is 3.99. The Balaban J connectivity index is 1.49. The highest BCUT2D eigenvalue weighted by molar-refractivity contribution is 7.13. The zero-order valence-corrected chi connectivity index (χ0v) is 18.2. The summed E-state index contributed by atoms with van der Waals surface area (Å²) in [5, 5.41) is 10.6. The number of hydrogen-bond acceptors (Lipinski definition) is 7. The van der Waals surface area contributed by atoms with Gasteiger partial charge >= 0.3 is 0 Å². The first-order valence-corrected chi connectivity index (χ1v) is 10.9. The number of aromatic amines is 2. The predicted octanol–water partition coefficient (Wildman–Crippen LogP) is 4.75. The van der Waals surface area contributed by atoms with E-state index in [1.165, 1.54) is 0 Å².